The number of hydrogen-bond acceptors (Lipinski definition) is 3. The monoisotopic (exact) mass is 363 g/mol. The highest BCUT2D eigenvalue weighted by atomic mass is 16.5. The van der Waals surface area contributed by atoms with Gasteiger partial charge in [0.15, 0.2) is 0 Å². The first-order valence-corrected chi connectivity index (χ1v) is 10.0. The lowest BCUT2D eigenvalue weighted by Crippen LogP contribution is -2.38. The maximum Gasteiger partial charge on any atom is 0.306 e. The zero-order valence-corrected chi connectivity index (χ0v) is 15.5. The Morgan fingerprint density at radius 1 is 0.963 bits per heavy atom. The molecule has 0 saturated carbocycles. The van der Waals surface area contributed by atoms with Crippen molar-refractivity contribution in [3.63, 3.8) is 0 Å². The van der Waals surface area contributed by atoms with Crippen LogP contribution in [0.15, 0.2) is 36.4 Å². The van der Waals surface area contributed by atoms with Crippen LogP contribution in [0.4, 0.5) is 0 Å². The number of ether oxygens (including phenoxy) is 1. The number of nitrogens with zero attached hydrogens (tertiary/aromatic N) is 1. The third-order valence-electron chi connectivity index (χ3n) is 6.53. The Kier molecular flexibility index (Phi) is 4.16. The molecule has 2 aromatic rings. The summed E-state index contributed by atoms with van der Waals surface area (Å²) in [5.74, 6) is 0.240. The molecule has 1 fully saturated rings. The molecular weight excluding hydrogens is 338 g/mol. The summed E-state index contributed by atoms with van der Waals surface area (Å²) in [6.45, 7) is 2.59. The Morgan fingerprint density at radius 2 is 1.70 bits per heavy atom. The van der Waals surface area contributed by atoms with Gasteiger partial charge in [-0.1, -0.05) is 24.3 Å². The molecule has 1 saturated heterocycles. The van der Waals surface area contributed by atoms with Gasteiger partial charge in [-0.3, -0.25) is 9.69 Å². The van der Waals surface area contributed by atoms with Crippen molar-refractivity contribution in [2.75, 3.05) is 19.7 Å². The average Bonchev–Trinajstić information content (AvgIpc) is 3.33. The molecule has 2 aromatic carbocycles. The molecule has 1 N–H and O–H groups in total. The van der Waals surface area contributed by atoms with Crippen molar-refractivity contribution in [1.82, 2.24) is 4.90 Å². The van der Waals surface area contributed by atoms with Crippen LogP contribution in [0.1, 0.15) is 42.0 Å². The summed E-state index contributed by atoms with van der Waals surface area (Å²) < 4.78 is 5.62. The van der Waals surface area contributed by atoms with E-state index in [4.69, 9.17) is 4.74 Å². The number of benzene rings is 2. The summed E-state index contributed by atoms with van der Waals surface area (Å²) in [5.41, 5.74) is 6.76. The quantitative estimate of drug-likeness (QED) is 0.893. The van der Waals surface area contributed by atoms with E-state index >= 15 is 0 Å². The summed E-state index contributed by atoms with van der Waals surface area (Å²) in [4.78, 5) is 13.7. The Hall–Kier alpha value is -2.33. The minimum atomic E-state index is -0.633. The van der Waals surface area contributed by atoms with Gasteiger partial charge in [0, 0.05) is 12.5 Å². The number of fused-ring (bicyclic) bond motifs is 2. The SMILES string of the molecule is O=C(O)C1CCN([C@H]2CCc3cc(-c4ccc5c(c4)CCO5)ccc32)CC1. The molecule has 2 heterocycles. The Balaban J connectivity index is 1.36. The molecule has 140 valence electrons. The summed E-state index contributed by atoms with van der Waals surface area (Å²) in [7, 11) is 0. The van der Waals surface area contributed by atoms with Gasteiger partial charge in [0.05, 0.1) is 12.5 Å². The summed E-state index contributed by atoms with van der Waals surface area (Å²) in [6, 6.07) is 13.9. The minimum absolute atomic E-state index is 0.159. The zero-order chi connectivity index (χ0) is 18.4. The van der Waals surface area contributed by atoms with Crippen LogP contribution in [-0.4, -0.2) is 35.7 Å². The van der Waals surface area contributed by atoms with Crippen LogP contribution in [0.2, 0.25) is 0 Å². The number of likely N-dealkylation sites (tertiary alicyclic amines) is 1. The number of rotatable bonds is 3. The molecule has 4 nitrogen and oxygen atoms in total. The standard InChI is InChI=1S/C23H25NO3/c25-23(26)15-7-10-24(11-8-15)21-5-2-18-13-16(1-4-20(18)21)17-3-6-22-19(14-17)9-12-27-22/h1,3-4,6,13-15,21H,2,5,7-12H2,(H,25,26)/t21-/m0/s1. The maximum atomic E-state index is 11.2. The Bertz CT molecular complexity index is 883. The fourth-order valence-electron chi connectivity index (χ4n) is 4.98. The second-order valence-corrected chi connectivity index (χ2v) is 8.04. The largest absolute Gasteiger partial charge is 0.493 e. The Labute approximate surface area is 159 Å². The number of carboxylic acids is 1. The van der Waals surface area contributed by atoms with E-state index in [0.717, 1.165) is 57.6 Å². The van der Waals surface area contributed by atoms with E-state index in [0.29, 0.717) is 6.04 Å². The molecule has 4 heteroatoms. The molecule has 0 amide bonds. The Morgan fingerprint density at radius 3 is 2.48 bits per heavy atom. The van der Waals surface area contributed by atoms with Gasteiger partial charge < -0.3 is 9.84 Å². The highest BCUT2D eigenvalue weighted by molar-refractivity contribution is 5.70. The van der Waals surface area contributed by atoms with Gasteiger partial charge in [-0.05, 0) is 78.7 Å². The van der Waals surface area contributed by atoms with Gasteiger partial charge in [-0.25, -0.2) is 0 Å². The van der Waals surface area contributed by atoms with Gasteiger partial charge >= 0.3 is 5.97 Å². The zero-order valence-electron chi connectivity index (χ0n) is 15.5. The molecule has 0 unspecified atom stereocenters. The van der Waals surface area contributed by atoms with Gasteiger partial charge in [0.25, 0.3) is 0 Å². The van der Waals surface area contributed by atoms with Crippen molar-refractivity contribution in [1.29, 1.82) is 0 Å². The van der Waals surface area contributed by atoms with E-state index in [2.05, 4.69) is 41.3 Å². The lowest BCUT2D eigenvalue weighted by molar-refractivity contribution is -0.143. The van der Waals surface area contributed by atoms with E-state index < -0.39 is 5.97 Å². The number of hydrogen-bond donors (Lipinski definition) is 1. The number of carbonyl (C=O) groups is 1. The van der Waals surface area contributed by atoms with Gasteiger partial charge in [-0.2, -0.15) is 0 Å². The number of aliphatic carboxylic acids is 1. The van der Waals surface area contributed by atoms with Gasteiger partial charge in [0.1, 0.15) is 5.75 Å². The second kappa shape index (κ2) is 6.68. The number of carboxylic acid groups (broad SMARTS) is 1. The summed E-state index contributed by atoms with van der Waals surface area (Å²) in [6.07, 6.45) is 4.81. The van der Waals surface area contributed by atoms with E-state index in [-0.39, 0.29) is 5.92 Å². The van der Waals surface area contributed by atoms with Crippen molar-refractivity contribution >= 4 is 5.97 Å². The molecule has 0 aromatic heterocycles. The fourth-order valence-corrected chi connectivity index (χ4v) is 4.98. The van der Waals surface area contributed by atoms with Crippen molar-refractivity contribution < 1.29 is 14.6 Å². The molecule has 0 spiro atoms. The van der Waals surface area contributed by atoms with E-state index in [1.54, 1.807) is 0 Å². The topological polar surface area (TPSA) is 49.8 Å². The molecule has 1 atom stereocenters. The fraction of sp³-hybridized carbons (Fsp3) is 0.435. The molecular formula is C23H25NO3. The third-order valence-corrected chi connectivity index (χ3v) is 6.53. The normalized spacial score (nSPS) is 22.3. The molecule has 1 aliphatic carbocycles. The highest BCUT2D eigenvalue weighted by Crippen LogP contribution is 2.40. The first kappa shape index (κ1) is 16.8. The lowest BCUT2D eigenvalue weighted by Gasteiger charge is -2.35. The van der Waals surface area contributed by atoms with Crippen molar-refractivity contribution in [2.24, 2.45) is 5.92 Å². The number of piperidine rings is 1. The van der Waals surface area contributed by atoms with Crippen LogP contribution >= 0.6 is 0 Å². The second-order valence-electron chi connectivity index (χ2n) is 8.04. The average molecular weight is 363 g/mol. The van der Waals surface area contributed by atoms with E-state index in [9.17, 15) is 9.90 Å². The molecule has 0 bridgehead atoms. The molecule has 3 aliphatic rings. The van der Waals surface area contributed by atoms with Crippen LogP contribution in [-0.2, 0) is 17.6 Å². The van der Waals surface area contributed by atoms with Crippen LogP contribution in [0.25, 0.3) is 11.1 Å². The number of aryl methyl sites for hydroxylation is 1. The van der Waals surface area contributed by atoms with E-state index in [1.165, 1.54) is 27.8 Å². The van der Waals surface area contributed by atoms with Crippen molar-refractivity contribution in [3.8, 4) is 16.9 Å². The predicted octanol–water partition coefficient (Wildman–Crippen LogP) is 4.07. The summed E-state index contributed by atoms with van der Waals surface area (Å²) >= 11 is 0. The van der Waals surface area contributed by atoms with Gasteiger partial charge in [0.2, 0.25) is 0 Å². The van der Waals surface area contributed by atoms with Gasteiger partial charge in [-0.15, -0.1) is 0 Å². The first-order chi connectivity index (χ1) is 13.2. The molecule has 27 heavy (non-hydrogen) atoms. The lowest BCUT2D eigenvalue weighted by atomic mass is 9.94. The van der Waals surface area contributed by atoms with E-state index in [1.807, 2.05) is 0 Å². The van der Waals surface area contributed by atoms with Crippen molar-refractivity contribution in [3.05, 3.63) is 53.1 Å². The smallest absolute Gasteiger partial charge is 0.306 e. The van der Waals surface area contributed by atoms with Crippen molar-refractivity contribution in [2.45, 2.75) is 38.1 Å². The third kappa shape index (κ3) is 3.02. The van der Waals surface area contributed by atoms with Crippen LogP contribution < -0.4 is 4.74 Å². The highest BCUT2D eigenvalue weighted by Gasteiger charge is 2.32. The first-order valence-electron chi connectivity index (χ1n) is 10.0. The minimum Gasteiger partial charge on any atom is -0.493 e. The summed E-state index contributed by atoms with van der Waals surface area (Å²) in [5, 5.41) is 9.22. The maximum absolute atomic E-state index is 11.2. The molecule has 2 aliphatic heterocycles. The van der Waals surface area contributed by atoms with Crippen LogP contribution in [0.5, 0.6) is 5.75 Å². The predicted molar refractivity (Wildman–Crippen MR) is 104 cm³/mol. The molecule has 5 rings (SSSR count). The van der Waals surface area contributed by atoms with Crippen LogP contribution in [0.3, 0.4) is 0 Å². The molecule has 0 radical (unpaired) electrons. The van der Waals surface area contributed by atoms with Crippen LogP contribution in [0, 0.1) is 5.92 Å².